The number of halogens is 1. The standard InChI is InChI=1S/C13H10FNS2/c14-9-4-3-8-6-12(17-11(8)7-9)13(15)10-2-1-5-16-10/h1-7,13H,15H2. The summed E-state index contributed by atoms with van der Waals surface area (Å²) in [5.74, 6) is -0.199. The van der Waals surface area contributed by atoms with E-state index in [0.717, 1.165) is 19.8 Å². The third-order valence-corrected chi connectivity index (χ3v) is 4.79. The number of rotatable bonds is 2. The van der Waals surface area contributed by atoms with E-state index >= 15 is 0 Å². The van der Waals surface area contributed by atoms with Gasteiger partial charge in [-0.05, 0) is 35.0 Å². The Morgan fingerprint density at radius 1 is 1.12 bits per heavy atom. The minimum atomic E-state index is -0.199. The molecule has 86 valence electrons. The van der Waals surface area contributed by atoms with Crippen LogP contribution in [0.15, 0.2) is 41.8 Å². The molecule has 3 rings (SSSR count). The van der Waals surface area contributed by atoms with Crippen LogP contribution in [-0.4, -0.2) is 0 Å². The highest BCUT2D eigenvalue weighted by Crippen LogP contribution is 2.33. The van der Waals surface area contributed by atoms with Gasteiger partial charge < -0.3 is 5.73 Å². The Kier molecular flexibility index (Phi) is 2.70. The molecule has 4 heteroatoms. The molecule has 1 unspecified atom stereocenters. The molecule has 0 aliphatic heterocycles. The second kappa shape index (κ2) is 4.22. The molecule has 2 heterocycles. The molecule has 1 atom stereocenters. The van der Waals surface area contributed by atoms with E-state index in [1.54, 1.807) is 34.8 Å². The van der Waals surface area contributed by atoms with E-state index in [4.69, 9.17) is 5.73 Å². The zero-order valence-corrected chi connectivity index (χ0v) is 10.5. The summed E-state index contributed by atoms with van der Waals surface area (Å²) in [6.45, 7) is 0. The van der Waals surface area contributed by atoms with Gasteiger partial charge in [0, 0.05) is 14.5 Å². The van der Waals surface area contributed by atoms with E-state index in [9.17, 15) is 4.39 Å². The van der Waals surface area contributed by atoms with Gasteiger partial charge in [-0.25, -0.2) is 4.39 Å². The maximum atomic E-state index is 13.1. The lowest BCUT2D eigenvalue weighted by molar-refractivity contribution is 0.630. The first-order valence-corrected chi connectivity index (χ1v) is 6.91. The molecule has 17 heavy (non-hydrogen) atoms. The van der Waals surface area contributed by atoms with E-state index in [1.165, 1.54) is 6.07 Å². The van der Waals surface area contributed by atoms with Crippen molar-refractivity contribution in [2.45, 2.75) is 6.04 Å². The van der Waals surface area contributed by atoms with Crippen LogP contribution < -0.4 is 5.73 Å². The smallest absolute Gasteiger partial charge is 0.124 e. The molecule has 0 aliphatic carbocycles. The van der Waals surface area contributed by atoms with Gasteiger partial charge in [0.15, 0.2) is 0 Å². The molecular formula is C13H10FNS2. The fourth-order valence-electron chi connectivity index (χ4n) is 1.79. The van der Waals surface area contributed by atoms with Crippen LogP contribution in [0.25, 0.3) is 10.1 Å². The van der Waals surface area contributed by atoms with Crippen molar-refractivity contribution in [3.05, 3.63) is 57.3 Å². The molecular weight excluding hydrogens is 253 g/mol. The van der Waals surface area contributed by atoms with Crippen LogP contribution in [-0.2, 0) is 0 Å². The van der Waals surface area contributed by atoms with E-state index in [2.05, 4.69) is 0 Å². The predicted octanol–water partition coefficient (Wildman–Crippen LogP) is 4.15. The highest BCUT2D eigenvalue weighted by Gasteiger charge is 2.13. The summed E-state index contributed by atoms with van der Waals surface area (Å²) in [4.78, 5) is 2.21. The fraction of sp³-hybridized carbons (Fsp3) is 0.0769. The fourth-order valence-corrected chi connectivity index (χ4v) is 3.72. The maximum Gasteiger partial charge on any atom is 0.124 e. The first kappa shape index (κ1) is 10.9. The van der Waals surface area contributed by atoms with Crippen molar-refractivity contribution in [2.24, 2.45) is 5.73 Å². The van der Waals surface area contributed by atoms with Gasteiger partial charge in [0.1, 0.15) is 5.82 Å². The topological polar surface area (TPSA) is 26.0 Å². The number of fused-ring (bicyclic) bond motifs is 1. The van der Waals surface area contributed by atoms with Gasteiger partial charge in [-0.15, -0.1) is 22.7 Å². The number of thiophene rings is 2. The van der Waals surface area contributed by atoms with Gasteiger partial charge >= 0.3 is 0 Å². The molecule has 0 aliphatic rings. The largest absolute Gasteiger partial charge is 0.319 e. The van der Waals surface area contributed by atoms with Gasteiger partial charge in [-0.2, -0.15) is 0 Å². The summed E-state index contributed by atoms with van der Waals surface area (Å²) >= 11 is 3.21. The second-order valence-corrected chi connectivity index (χ2v) is 5.92. The highest BCUT2D eigenvalue weighted by molar-refractivity contribution is 7.19. The third kappa shape index (κ3) is 1.99. The minimum Gasteiger partial charge on any atom is -0.319 e. The zero-order valence-electron chi connectivity index (χ0n) is 8.89. The summed E-state index contributed by atoms with van der Waals surface area (Å²) in [7, 11) is 0. The van der Waals surface area contributed by atoms with Crippen molar-refractivity contribution in [1.82, 2.24) is 0 Å². The molecule has 1 aromatic carbocycles. The van der Waals surface area contributed by atoms with Crippen molar-refractivity contribution >= 4 is 32.8 Å². The van der Waals surface area contributed by atoms with Gasteiger partial charge in [0.2, 0.25) is 0 Å². The molecule has 0 saturated heterocycles. The summed E-state index contributed by atoms with van der Waals surface area (Å²) in [6, 6.07) is 10.8. The lowest BCUT2D eigenvalue weighted by atomic mass is 10.2. The Balaban J connectivity index is 2.06. The average Bonchev–Trinajstić information content (AvgIpc) is 2.96. The molecule has 0 fully saturated rings. The Morgan fingerprint density at radius 3 is 2.76 bits per heavy atom. The van der Waals surface area contributed by atoms with Crippen molar-refractivity contribution in [3.63, 3.8) is 0 Å². The van der Waals surface area contributed by atoms with Crippen LogP contribution in [0, 0.1) is 5.82 Å². The van der Waals surface area contributed by atoms with Crippen molar-refractivity contribution in [3.8, 4) is 0 Å². The Hall–Kier alpha value is -1.23. The van der Waals surface area contributed by atoms with Crippen molar-refractivity contribution < 1.29 is 4.39 Å². The zero-order chi connectivity index (χ0) is 11.8. The van der Waals surface area contributed by atoms with Gasteiger partial charge in [0.05, 0.1) is 6.04 Å². The van der Waals surface area contributed by atoms with Crippen LogP contribution in [0.5, 0.6) is 0 Å². The second-order valence-electron chi connectivity index (χ2n) is 3.82. The van der Waals surface area contributed by atoms with Gasteiger partial charge in [-0.1, -0.05) is 12.1 Å². The lowest BCUT2D eigenvalue weighted by Crippen LogP contribution is -2.07. The van der Waals surface area contributed by atoms with E-state index in [-0.39, 0.29) is 11.9 Å². The van der Waals surface area contributed by atoms with Gasteiger partial charge in [0.25, 0.3) is 0 Å². The van der Waals surface area contributed by atoms with Crippen molar-refractivity contribution in [1.29, 1.82) is 0 Å². The Morgan fingerprint density at radius 2 is 2.00 bits per heavy atom. The number of hydrogen-bond donors (Lipinski definition) is 1. The normalized spacial score (nSPS) is 13.1. The quantitative estimate of drug-likeness (QED) is 0.738. The molecule has 0 saturated carbocycles. The van der Waals surface area contributed by atoms with E-state index in [0.29, 0.717) is 0 Å². The summed E-state index contributed by atoms with van der Waals surface area (Å²) in [5, 5.41) is 3.07. The lowest BCUT2D eigenvalue weighted by Gasteiger charge is -2.05. The van der Waals surface area contributed by atoms with Gasteiger partial charge in [-0.3, -0.25) is 0 Å². The SMILES string of the molecule is NC(c1cccs1)c1cc2ccc(F)cc2s1. The number of nitrogens with two attached hydrogens (primary N) is 1. The van der Waals surface area contributed by atoms with Crippen LogP contribution in [0.2, 0.25) is 0 Å². The molecule has 2 aromatic heterocycles. The summed E-state index contributed by atoms with van der Waals surface area (Å²) in [5.41, 5.74) is 6.19. The monoisotopic (exact) mass is 263 g/mol. The first-order chi connectivity index (χ1) is 8.24. The Labute approximate surface area is 106 Å². The molecule has 1 nitrogen and oxygen atoms in total. The Bertz CT molecular complexity index is 643. The minimum absolute atomic E-state index is 0.101. The molecule has 3 aromatic rings. The third-order valence-electron chi connectivity index (χ3n) is 2.66. The van der Waals surface area contributed by atoms with Crippen LogP contribution in [0.4, 0.5) is 4.39 Å². The molecule has 2 N–H and O–H groups in total. The molecule has 0 amide bonds. The van der Waals surface area contributed by atoms with Crippen molar-refractivity contribution in [2.75, 3.05) is 0 Å². The molecule has 0 spiro atoms. The first-order valence-electron chi connectivity index (χ1n) is 5.22. The predicted molar refractivity (Wildman–Crippen MR) is 72.1 cm³/mol. The van der Waals surface area contributed by atoms with Crippen LogP contribution >= 0.6 is 22.7 Å². The summed E-state index contributed by atoms with van der Waals surface area (Å²) < 4.78 is 14.0. The van der Waals surface area contributed by atoms with Crippen LogP contribution in [0.1, 0.15) is 15.8 Å². The average molecular weight is 263 g/mol. The molecule has 0 bridgehead atoms. The van der Waals surface area contributed by atoms with Crippen LogP contribution in [0.3, 0.4) is 0 Å². The molecule has 0 radical (unpaired) electrons. The maximum absolute atomic E-state index is 13.1. The van der Waals surface area contributed by atoms with E-state index < -0.39 is 0 Å². The summed E-state index contributed by atoms with van der Waals surface area (Å²) in [6.07, 6.45) is 0. The number of hydrogen-bond acceptors (Lipinski definition) is 3. The highest BCUT2D eigenvalue weighted by atomic mass is 32.1. The number of benzene rings is 1. The van der Waals surface area contributed by atoms with E-state index in [1.807, 2.05) is 23.6 Å².